The molecule has 4 rings (SSSR count). The van der Waals surface area contributed by atoms with Crippen molar-refractivity contribution < 1.29 is 4.79 Å². The fourth-order valence-corrected chi connectivity index (χ4v) is 4.63. The molecule has 134 valence electrons. The number of fused-ring (bicyclic) bond motifs is 2. The minimum absolute atomic E-state index is 0.0738. The number of hydrogen-bond donors (Lipinski definition) is 2. The number of nitrogens with two attached hydrogens (primary N) is 1. The lowest BCUT2D eigenvalue weighted by molar-refractivity contribution is 0.0945. The summed E-state index contributed by atoms with van der Waals surface area (Å²) in [7, 11) is 0. The number of rotatable bonds is 3. The van der Waals surface area contributed by atoms with Gasteiger partial charge in [0.15, 0.2) is 0 Å². The standard InChI is InChI=1S/C21H23N3OS/c1-12-8-9-17-15(10-12)11-16-18(22)19(26-21(16)24-17)20(25)23-13(2)14-6-4-3-5-7-14/h3-7,11-13H,8-10,22H2,1-2H3,(H,23,25). The molecule has 2 heterocycles. The van der Waals surface area contributed by atoms with Crippen molar-refractivity contribution in [1.82, 2.24) is 10.3 Å². The first kappa shape index (κ1) is 17.0. The number of carbonyl (C=O) groups is 1. The van der Waals surface area contributed by atoms with E-state index >= 15 is 0 Å². The smallest absolute Gasteiger partial charge is 0.264 e. The van der Waals surface area contributed by atoms with Gasteiger partial charge in [0.1, 0.15) is 9.71 Å². The summed E-state index contributed by atoms with van der Waals surface area (Å²) in [5.41, 5.74) is 10.4. The monoisotopic (exact) mass is 365 g/mol. The quantitative estimate of drug-likeness (QED) is 0.718. The van der Waals surface area contributed by atoms with Crippen LogP contribution in [0.3, 0.4) is 0 Å². The Morgan fingerprint density at radius 3 is 2.88 bits per heavy atom. The normalized spacial score (nSPS) is 17.7. The molecule has 1 aliphatic rings. The zero-order valence-corrected chi connectivity index (χ0v) is 15.9. The molecular formula is C21H23N3OS. The van der Waals surface area contributed by atoms with E-state index in [1.807, 2.05) is 37.3 Å². The van der Waals surface area contributed by atoms with Gasteiger partial charge in [-0.25, -0.2) is 4.98 Å². The number of hydrogen-bond acceptors (Lipinski definition) is 4. The summed E-state index contributed by atoms with van der Waals surface area (Å²) < 4.78 is 0. The van der Waals surface area contributed by atoms with Crippen molar-refractivity contribution in [3.63, 3.8) is 0 Å². The number of aromatic nitrogens is 1. The minimum Gasteiger partial charge on any atom is -0.397 e. The number of pyridine rings is 1. The Balaban J connectivity index is 1.64. The Kier molecular flexibility index (Phi) is 4.41. The maximum atomic E-state index is 12.8. The Bertz CT molecular complexity index is 964. The molecule has 26 heavy (non-hydrogen) atoms. The Hall–Kier alpha value is -2.40. The zero-order chi connectivity index (χ0) is 18.3. The summed E-state index contributed by atoms with van der Waals surface area (Å²) >= 11 is 1.39. The highest BCUT2D eigenvalue weighted by molar-refractivity contribution is 7.21. The van der Waals surface area contributed by atoms with Gasteiger partial charge in [-0.3, -0.25) is 4.79 Å². The van der Waals surface area contributed by atoms with Gasteiger partial charge in [0.05, 0.1) is 11.7 Å². The van der Waals surface area contributed by atoms with Crippen LogP contribution < -0.4 is 11.1 Å². The highest BCUT2D eigenvalue weighted by Gasteiger charge is 2.23. The molecule has 4 nitrogen and oxygen atoms in total. The van der Waals surface area contributed by atoms with E-state index in [1.54, 1.807) is 0 Å². The number of amides is 1. The fourth-order valence-electron chi connectivity index (χ4n) is 3.63. The van der Waals surface area contributed by atoms with Crippen LogP contribution in [0.1, 0.15) is 52.8 Å². The largest absolute Gasteiger partial charge is 0.397 e. The number of nitrogens with zero attached hydrogens (tertiary/aromatic N) is 1. The lowest BCUT2D eigenvalue weighted by Gasteiger charge is -2.20. The molecule has 0 spiro atoms. The molecule has 1 amide bonds. The third-order valence-corrected chi connectivity index (χ3v) is 6.30. The summed E-state index contributed by atoms with van der Waals surface area (Å²) in [4.78, 5) is 19.0. The number of benzene rings is 1. The number of anilines is 1. The van der Waals surface area contributed by atoms with E-state index in [1.165, 1.54) is 29.0 Å². The summed E-state index contributed by atoms with van der Waals surface area (Å²) in [5.74, 6) is 0.546. The maximum absolute atomic E-state index is 12.8. The lowest BCUT2D eigenvalue weighted by Crippen LogP contribution is -2.26. The van der Waals surface area contributed by atoms with Crippen molar-refractivity contribution >= 4 is 33.1 Å². The number of nitrogens with one attached hydrogen (secondary N) is 1. The molecular weight excluding hydrogens is 342 g/mol. The molecule has 0 saturated heterocycles. The molecule has 0 radical (unpaired) electrons. The van der Waals surface area contributed by atoms with Crippen molar-refractivity contribution in [3.8, 4) is 0 Å². The number of nitrogen functional groups attached to an aromatic ring is 1. The zero-order valence-electron chi connectivity index (χ0n) is 15.1. The van der Waals surface area contributed by atoms with Gasteiger partial charge >= 0.3 is 0 Å². The summed E-state index contributed by atoms with van der Waals surface area (Å²) in [6.07, 6.45) is 3.23. The van der Waals surface area contributed by atoms with Gasteiger partial charge in [0.2, 0.25) is 0 Å². The Morgan fingerprint density at radius 2 is 2.12 bits per heavy atom. The van der Waals surface area contributed by atoms with Crippen LogP contribution in [0.15, 0.2) is 36.4 Å². The molecule has 0 fully saturated rings. The van der Waals surface area contributed by atoms with Crippen LogP contribution in [-0.2, 0) is 12.8 Å². The highest BCUT2D eigenvalue weighted by Crippen LogP contribution is 2.36. The minimum atomic E-state index is -0.131. The van der Waals surface area contributed by atoms with Gasteiger partial charge in [-0.15, -0.1) is 11.3 Å². The topological polar surface area (TPSA) is 68.0 Å². The molecule has 3 N–H and O–H groups in total. The second kappa shape index (κ2) is 6.72. The van der Waals surface area contributed by atoms with E-state index in [0.29, 0.717) is 16.5 Å². The molecule has 0 bridgehead atoms. The maximum Gasteiger partial charge on any atom is 0.264 e. The van der Waals surface area contributed by atoms with E-state index < -0.39 is 0 Å². The number of aryl methyl sites for hydroxylation is 1. The van der Waals surface area contributed by atoms with Gasteiger partial charge in [0.25, 0.3) is 5.91 Å². The first-order valence-corrected chi connectivity index (χ1v) is 9.91. The molecule has 5 heteroatoms. The molecule has 1 aliphatic carbocycles. The van der Waals surface area contributed by atoms with E-state index in [0.717, 1.165) is 28.6 Å². The van der Waals surface area contributed by atoms with Gasteiger partial charge in [-0.2, -0.15) is 0 Å². The van der Waals surface area contributed by atoms with Crippen molar-refractivity contribution in [2.24, 2.45) is 5.92 Å². The predicted molar refractivity (Wildman–Crippen MR) is 108 cm³/mol. The van der Waals surface area contributed by atoms with E-state index in [9.17, 15) is 4.79 Å². The van der Waals surface area contributed by atoms with Gasteiger partial charge in [-0.1, -0.05) is 37.3 Å². The van der Waals surface area contributed by atoms with Gasteiger partial charge < -0.3 is 11.1 Å². The average molecular weight is 366 g/mol. The second-order valence-corrected chi connectivity index (χ2v) is 8.24. The van der Waals surface area contributed by atoms with Crippen molar-refractivity contribution in [2.75, 3.05) is 5.73 Å². The van der Waals surface area contributed by atoms with Crippen molar-refractivity contribution in [2.45, 2.75) is 39.2 Å². The SMILES string of the molecule is CC1CCc2nc3sc(C(=O)NC(C)c4ccccc4)c(N)c3cc2C1. The first-order chi connectivity index (χ1) is 12.5. The van der Waals surface area contributed by atoms with Crippen LogP contribution in [0.25, 0.3) is 10.2 Å². The second-order valence-electron chi connectivity index (χ2n) is 7.25. The first-order valence-electron chi connectivity index (χ1n) is 9.09. The van der Waals surface area contributed by atoms with Crippen LogP contribution in [0.2, 0.25) is 0 Å². The molecule has 2 unspecified atom stereocenters. The molecule has 1 aromatic carbocycles. The van der Waals surface area contributed by atoms with Crippen LogP contribution >= 0.6 is 11.3 Å². The van der Waals surface area contributed by atoms with Crippen molar-refractivity contribution in [1.29, 1.82) is 0 Å². The molecule has 3 aromatic rings. The Labute approximate surface area is 157 Å². The van der Waals surface area contributed by atoms with Gasteiger partial charge in [0, 0.05) is 11.1 Å². The number of carbonyl (C=O) groups excluding carboxylic acids is 1. The summed E-state index contributed by atoms with van der Waals surface area (Å²) in [6, 6.07) is 12.0. The predicted octanol–water partition coefficient (Wildman–Crippen LogP) is 4.49. The van der Waals surface area contributed by atoms with E-state index in [2.05, 4.69) is 18.3 Å². The van der Waals surface area contributed by atoms with Crippen LogP contribution in [0.4, 0.5) is 5.69 Å². The summed E-state index contributed by atoms with van der Waals surface area (Å²) in [5, 5.41) is 3.97. The lowest BCUT2D eigenvalue weighted by atomic mass is 9.87. The molecule has 2 atom stereocenters. The Morgan fingerprint density at radius 1 is 1.35 bits per heavy atom. The van der Waals surface area contributed by atoms with E-state index in [4.69, 9.17) is 10.7 Å². The average Bonchev–Trinajstić information content (AvgIpc) is 2.96. The van der Waals surface area contributed by atoms with Crippen LogP contribution in [-0.4, -0.2) is 10.9 Å². The highest BCUT2D eigenvalue weighted by atomic mass is 32.1. The summed E-state index contributed by atoms with van der Waals surface area (Å²) in [6.45, 7) is 4.25. The third kappa shape index (κ3) is 3.07. The van der Waals surface area contributed by atoms with Crippen molar-refractivity contribution in [3.05, 3.63) is 58.1 Å². The van der Waals surface area contributed by atoms with Crippen LogP contribution in [0.5, 0.6) is 0 Å². The molecule has 0 saturated carbocycles. The fraction of sp³-hybridized carbons (Fsp3) is 0.333. The third-order valence-electron chi connectivity index (χ3n) is 5.19. The van der Waals surface area contributed by atoms with Gasteiger partial charge in [-0.05, 0) is 49.3 Å². The number of thiophene rings is 1. The van der Waals surface area contributed by atoms with Crippen LogP contribution in [0, 0.1) is 5.92 Å². The van der Waals surface area contributed by atoms with E-state index in [-0.39, 0.29) is 11.9 Å². The molecule has 2 aromatic heterocycles. The molecule has 0 aliphatic heterocycles.